The van der Waals surface area contributed by atoms with Crippen LogP contribution in [0.1, 0.15) is 11.6 Å². The number of hydrazone groups is 1. The van der Waals surface area contributed by atoms with Gasteiger partial charge in [-0.05, 0) is 6.92 Å². The Kier molecular flexibility index (Phi) is 3.47. The third-order valence-corrected chi connectivity index (χ3v) is 3.23. The summed E-state index contributed by atoms with van der Waals surface area (Å²) in [5.41, 5.74) is 0.741. The van der Waals surface area contributed by atoms with Crippen LogP contribution in [0.3, 0.4) is 0 Å². The molecule has 0 atom stereocenters. The maximum atomic E-state index is 10.6. The average Bonchev–Trinajstić information content (AvgIpc) is 3.03. The van der Waals surface area contributed by atoms with Gasteiger partial charge in [0.25, 0.3) is 5.96 Å². The van der Waals surface area contributed by atoms with E-state index in [1.165, 1.54) is 6.26 Å². The number of ether oxygens (including phenoxy) is 2. The number of nitrogens with one attached hydrogen (secondary N) is 1. The van der Waals surface area contributed by atoms with Gasteiger partial charge in [-0.2, -0.15) is 0 Å². The summed E-state index contributed by atoms with van der Waals surface area (Å²) in [5.74, 6) is -0.224. The molecule has 0 bridgehead atoms. The minimum atomic E-state index is -0.808. The van der Waals surface area contributed by atoms with Crippen LogP contribution in [-0.4, -0.2) is 53.0 Å². The summed E-state index contributed by atoms with van der Waals surface area (Å²) < 4.78 is 16.5. The smallest absolute Gasteiger partial charge is 0.272 e. The van der Waals surface area contributed by atoms with Gasteiger partial charge < -0.3 is 24.1 Å². The number of nitrogens with zero attached hydrogens (tertiary/aromatic N) is 4. The maximum absolute atomic E-state index is 10.6. The van der Waals surface area contributed by atoms with Crippen molar-refractivity contribution in [2.24, 2.45) is 5.10 Å². The minimum absolute atomic E-state index is 0.139. The molecule has 2 aliphatic rings. The molecular formula is C11H15N5O5. The summed E-state index contributed by atoms with van der Waals surface area (Å²) >= 11 is 0. The zero-order chi connectivity index (χ0) is 14.9. The molecule has 10 heteroatoms. The van der Waals surface area contributed by atoms with Gasteiger partial charge in [0.15, 0.2) is 5.03 Å². The van der Waals surface area contributed by atoms with E-state index in [1.54, 1.807) is 11.8 Å². The average molecular weight is 297 g/mol. The molecule has 21 heavy (non-hydrogen) atoms. The predicted molar refractivity (Wildman–Crippen MR) is 68.7 cm³/mol. The first kappa shape index (κ1) is 13.8. The number of nitro groups is 1. The van der Waals surface area contributed by atoms with Crippen molar-refractivity contribution in [3.8, 4) is 0 Å². The van der Waals surface area contributed by atoms with E-state index in [0.717, 1.165) is 5.69 Å². The van der Waals surface area contributed by atoms with Crippen LogP contribution in [0.25, 0.3) is 0 Å². The number of oxazole rings is 1. The lowest BCUT2D eigenvalue weighted by Gasteiger charge is -2.39. The number of aryl methyl sites for hydroxylation is 1. The summed E-state index contributed by atoms with van der Waals surface area (Å²) in [7, 11) is 0. The summed E-state index contributed by atoms with van der Waals surface area (Å²) in [4.78, 5) is 16.5. The highest BCUT2D eigenvalue weighted by atomic mass is 16.7. The van der Waals surface area contributed by atoms with E-state index in [2.05, 4.69) is 15.4 Å². The van der Waals surface area contributed by atoms with Crippen molar-refractivity contribution in [2.45, 2.75) is 19.3 Å². The summed E-state index contributed by atoms with van der Waals surface area (Å²) in [6.07, 6.45) is 1.52. The fraction of sp³-hybridized carbons (Fsp3) is 0.636. The second-order valence-corrected chi connectivity index (χ2v) is 4.86. The van der Waals surface area contributed by atoms with E-state index in [0.29, 0.717) is 32.2 Å². The molecule has 3 rings (SSSR count). The van der Waals surface area contributed by atoms with Gasteiger partial charge in [-0.3, -0.25) is 0 Å². The first-order valence-corrected chi connectivity index (χ1v) is 6.47. The lowest BCUT2D eigenvalue weighted by molar-refractivity contribution is -0.486. The van der Waals surface area contributed by atoms with E-state index >= 15 is 0 Å². The number of hydrogen-bond acceptors (Lipinski definition) is 6. The van der Waals surface area contributed by atoms with Crippen molar-refractivity contribution in [1.82, 2.24) is 15.2 Å². The van der Waals surface area contributed by atoms with Crippen LogP contribution in [0.5, 0.6) is 0 Å². The quantitative estimate of drug-likeness (QED) is 0.596. The van der Waals surface area contributed by atoms with Crippen LogP contribution in [0.4, 0.5) is 0 Å². The number of rotatable bonds is 3. The van der Waals surface area contributed by atoms with Crippen LogP contribution in [0.2, 0.25) is 0 Å². The van der Waals surface area contributed by atoms with Gasteiger partial charge in [-0.15, -0.1) is 0 Å². The van der Waals surface area contributed by atoms with Gasteiger partial charge in [-0.25, -0.2) is 15.1 Å². The third-order valence-electron chi connectivity index (χ3n) is 3.23. The number of aromatic nitrogens is 1. The van der Waals surface area contributed by atoms with Gasteiger partial charge in [0.1, 0.15) is 11.4 Å². The molecule has 0 aromatic carbocycles. The molecule has 0 amide bonds. The molecule has 10 nitrogen and oxygen atoms in total. The number of guanidine groups is 1. The standard InChI is InChI=1S/C11H15N5O5/c1-8-5-19-9(13-8)4-15-7-11(20-2-3-21-11)6-12-10(15)14-16(17)18/h5H,2-4,6-7H2,1H3,(H,12,14). The molecule has 1 spiro atoms. The Hall–Kier alpha value is -2.20. The van der Waals surface area contributed by atoms with Crippen LogP contribution >= 0.6 is 0 Å². The number of hydrogen-bond donors (Lipinski definition) is 1. The van der Waals surface area contributed by atoms with Crippen molar-refractivity contribution < 1.29 is 18.9 Å². The molecule has 1 aromatic heterocycles. The van der Waals surface area contributed by atoms with Crippen molar-refractivity contribution in [3.05, 3.63) is 28.0 Å². The minimum Gasteiger partial charge on any atom is -0.447 e. The van der Waals surface area contributed by atoms with Crippen LogP contribution in [0.15, 0.2) is 15.8 Å². The molecule has 2 fully saturated rings. The zero-order valence-corrected chi connectivity index (χ0v) is 11.4. The Bertz CT molecular complexity index is 565. The topological polar surface area (TPSA) is 115 Å². The predicted octanol–water partition coefficient (Wildman–Crippen LogP) is -0.321. The summed E-state index contributed by atoms with van der Waals surface area (Å²) in [5, 5.41) is 16.1. The molecule has 0 radical (unpaired) electrons. The SMILES string of the molecule is Cc1coc(CN2CC3(CN/C2=N\[N+](=O)[O-])OCCO3)n1. The molecule has 0 unspecified atom stereocenters. The second-order valence-electron chi connectivity index (χ2n) is 4.86. The van der Waals surface area contributed by atoms with Crippen molar-refractivity contribution in [2.75, 3.05) is 26.3 Å². The molecule has 0 saturated carbocycles. The maximum Gasteiger partial charge on any atom is 0.272 e. The monoisotopic (exact) mass is 297 g/mol. The second kappa shape index (κ2) is 5.30. The fourth-order valence-corrected chi connectivity index (χ4v) is 2.38. The Morgan fingerprint density at radius 1 is 1.57 bits per heavy atom. The van der Waals surface area contributed by atoms with Crippen molar-refractivity contribution >= 4 is 5.96 Å². The molecule has 0 aliphatic carbocycles. The van der Waals surface area contributed by atoms with E-state index in [4.69, 9.17) is 13.9 Å². The zero-order valence-electron chi connectivity index (χ0n) is 11.4. The van der Waals surface area contributed by atoms with Gasteiger partial charge in [0, 0.05) is 0 Å². The molecule has 1 aromatic rings. The largest absolute Gasteiger partial charge is 0.447 e. The van der Waals surface area contributed by atoms with Gasteiger partial charge in [0.05, 0.1) is 38.5 Å². The fourth-order valence-electron chi connectivity index (χ4n) is 2.38. The lowest BCUT2D eigenvalue weighted by atomic mass is 10.2. The molecule has 114 valence electrons. The van der Waals surface area contributed by atoms with Gasteiger partial charge >= 0.3 is 0 Å². The van der Waals surface area contributed by atoms with Gasteiger partial charge in [0.2, 0.25) is 11.7 Å². The highest BCUT2D eigenvalue weighted by Gasteiger charge is 2.44. The van der Waals surface area contributed by atoms with E-state index < -0.39 is 10.8 Å². The molecule has 1 N–H and O–H groups in total. The van der Waals surface area contributed by atoms with Crippen LogP contribution in [-0.2, 0) is 16.0 Å². The Morgan fingerprint density at radius 3 is 2.95 bits per heavy atom. The molecule has 2 aliphatic heterocycles. The van der Waals surface area contributed by atoms with Gasteiger partial charge in [-0.1, -0.05) is 0 Å². The van der Waals surface area contributed by atoms with E-state index in [9.17, 15) is 10.1 Å². The Morgan fingerprint density at radius 2 is 2.33 bits per heavy atom. The summed E-state index contributed by atoms with van der Waals surface area (Å²) in [6.45, 7) is 3.65. The Labute approximate surface area is 119 Å². The molecular weight excluding hydrogens is 282 g/mol. The third kappa shape index (κ3) is 2.95. The molecule has 2 saturated heterocycles. The highest BCUT2D eigenvalue weighted by Crippen LogP contribution is 2.24. The van der Waals surface area contributed by atoms with E-state index in [-0.39, 0.29) is 12.5 Å². The van der Waals surface area contributed by atoms with E-state index in [1.807, 2.05) is 0 Å². The Balaban J connectivity index is 1.80. The lowest BCUT2D eigenvalue weighted by Crippen LogP contribution is -2.61. The first-order valence-electron chi connectivity index (χ1n) is 6.47. The first-order chi connectivity index (χ1) is 10.1. The normalized spacial score (nSPS) is 22.7. The van der Waals surface area contributed by atoms with Crippen molar-refractivity contribution in [1.29, 1.82) is 0 Å². The van der Waals surface area contributed by atoms with Crippen molar-refractivity contribution in [3.63, 3.8) is 0 Å². The van der Waals surface area contributed by atoms with Crippen LogP contribution < -0.4 is 5.32 Å². The molecule has 3 heterocycles. The highest BCUT2D eigenvalue weighted by molar-refractivity contribution is 5.80. The van der Waals surface area contributed by atoms with Crippen LogP contribution in [0, 0.1) is 17.0 Å². The summed E-state index contributed by atoms with van der Waals surface area (Å²) in [6, 6.07) is 0.